The molecule has 2 aromatic rings. The first kappa shape index (κ1) is 35.7. The predicted molar refractivity (Wildman–Crippen MR) is 166 cm³/mol. The Hall–Kier alpha value is -3.31. The Morgan fingerprint density at radius 2 is 1.79 bits per heavy atom. The molecule has 1 aliphatic rings. The predicted octanol–water partition coefficient (Wildman–Crippen LogP) is 5.11. The van der Waals surface area contributed by atoms with Gasteiger partial charge in [-0.2, -0.15) is 0 Å². The van der Waals surface area contributed by atoms with E-state index in [1.165, 1.54) is 29.8 Å². The second-order valence-electron chi connectivity index (χ2n) is 9.09. The number of pyridine rings is 2. The summed E-state index contributed by atoms with van der Waals surface area (Å²) in [6, 6.07) is 3.99. The lowest BCUT2D eigenvalue weighted by Gasteiger charge is -2.31. The molecule has 1 fully saturated rings. The van der Waals surface area contributed by atoms with Crippen molar-refractivity contribution in [3.63, 3.8) is 0 Å². The van der Waals surface area contributed by atoms with Gasteiger partial charge in [0.25, 0.3) is 0 Å². The van der Waals surface area contributed by atoms with Gasteiger partial charge in [0.15, 0.2) is 0 Å². The lowest BCUT2D eigenvalue weighted by atomic mass is 10.1. The minimum Gasteiger partial charge on any atom is -0.494 e. The molecule has 2 N–H and O–H groups in total. The second kappa shape index (κ2) is 21.6. The Balaban J connectivity index is 0.000000638. The summed E-state index contributed by atoms with van der Waals surface area (Å²) >= 11 is 0. The number of methoxy groups -OCH3 is 1. The normalized spacial score (nSPS) is 12.6. The molecule has 1 saturated heterocycles. The summed E-state index contributed by atoms with van der Waals surface area (Å²) in [6.45, 7) is 17.7. The van der Waals surface area contributed by atoms with Crippen LogP contribution in [0.5, 0.6) is 5.75 Å². The van der Waals surface area contributed by atoms with Crippen LogP contribution in [0.1, 0.15) is 71.6 Å². The van der Waals surface area contributed by atoms with Crippen molar-refractivity contribution in [1.29, 1.82) is 0 Å². The topological polar surface area (TPSA) is 83.8 Å². The summed E-state index contributed by atoms with van der Waals surface area (Å²) in [5.74, 6) is 0.626. The number of hydrogen-bond donors (Lipinski definition) is 2. The number of carbonyl (C=O) groups is 1. The number of ether oxygens (including phenoxy) is 1. The molecule has 0 bridgehead atoms. The first-order chi connectivity index (χ1) is 18.9. The number of anilines is 2. The van der Waals surface area contributed by atoms with Crippen LogP contribution in [-0.2, 0) is 18.3 Å². The van der Waals surface area contributed by atoms with Gasteiger partial charge in [0.05, 0.1) is 12.8 Å². The number of piperazine rings is 1. The molecule has 0 saturated carbocycles. The van der Waals surface area contributed by atoms with Gasteiger partial charge in [-0.3, -0.25) is 14.8 Å². The van der Waals surface area contributed by atoms with Gasteiger partial charge in [0.2, 0.25) is 5.91 Å². The van der Waals surface area contributed by atoms with Crippen LogP contribution in [0.2, 0.25) is 0 Å². The molecule has 218 valence electrons. The first-order valence-corrected chi connectivity index (χ1v) is 14.1. The Morgan fingerprint density at radius 1 is 1.15 bits per heavy atom. The van der Waals surface area contributed by atoms with Crippen LogP contribution in [0.25, 0.3) is 0 Å². The summed E-state index contributed by atoms with van der Waals surface area (Å²) in [4.78, 5) is 22.8. The van der Waals surface area contributed by atoms with Gasteiger partial charge in [-0.05, 0) is 38.3 Å². The van der Waals surface area contributed by atoms with E-state index < -0.39 is 0 Å². The van der Waals surface area contributed by atoms with Crippen molar-refractivity contribution in [2.45, 2.75) is 73.6 Å². The molecule has 2 aromatic heterocycles. The second-order valence-corrected chi connectivity index (χ2v) is 9.09. The van der Waals surface area contributed by atoms with E-state index in [9.17, 15) is 4.79 Å². The summed E-state index contributed by atoms with van der Waals surface area (Å²) < 4.78 is 7.15. The fraction of sp³-hybridized carbons (Fsp3) is 0.581. The van der Waals surface area contributed by atoms with Gasteiger partial charge in [0.1, 0.15) is 11.2 Å². The molecule has 0 aliphatic carbocycles. The zero-order valence-corrected chi connectivity index (χ0v) is 25.6. The van der Waals surface area contributed by atoms with Crippen LogP contribution >= 0.6 is 0 Å². The fourth-order valence-corrected chi connectivity index (χ4v) is 3.99. The Morgan fingerprint density at radius 3 is 2.33 bits per heavy atom. The Bertz CT molecular complexity index is 1040. The number of nitrogens with zero attached hydrogens (tertiary/aromatic N) is 4. The number of amides is 1. The van der Waals surface area contributed by atoms with Gasteiger partial charge < -0.3 is 24.8 Å². The minimum absolute atomic E-state index is 0.00372. The molecule has 1 amide bonds. The molecule has 0 atom stereocenters. The Labute approximate surface area is 237 Å². The number of rotatable bonds is 8. The first-order valence-electron chi connectivity index (χ1n) is 14.1. The van der Waals surface area contributed by atoms with Crippen LogP contribution in [0.15, 0.2) is 29.5 Å². The van der Waals surface area contributed by atoms with Crippen molar-refractivity contribution in [3.05, 3.63) is 41.3 Å². The number of terminal acetylenes is 1. The Kier molecular flexibility index (Phi) is 19.8. The van der Waals surface area contributed by atoms with Crippen LogP contribution in [-0.4, -0.2) is 55.3 Å². The number of carbonyl (C=O) groups excluding carboxylic acids is 1. The van der Waals surface area contributed by atoms with Crippen molar-refractivity contribution in [2.24, 2.45) is 12.0 Å². The molecule has 3 rings (SSSR count). The van der Waals surface area contributed by atoms with E-state index in [4.69, 9.17) is 4.74 Å². The summed E-state index contributed by atoms with van der Waals surface area (Å²) in [5.41, 5.74) is 5.52. The van der Waals surface area contributed by atoms with E-state index in [1.807, 2.05) is 43.9 Å². The summed E-state index contributed by atoms with van der Waals surface area (Å²) in [7, 11) is 3.48. The summed E-state index contributed by atoms with van der Waals surface area (Å²) in [6.07, 6.45) is 16.7. The van der Waals surface area contributed by atoms with Crippen molar-refractivity contribution in [1.82, 2.24) is 14.9 Å². The average Bonchev–Trinajstić information content (AvgIpc) is 2.94. The van der Waals surface area contributed by atoms with E-state index in [0.717, 1.165) is 44.5 Å². The van der Waals surface area contributed by atoms with Gasteiger partial charge >= 0.3 is 0 Å². The van der Waals surface area contributed by atoms with Crippen LogP contribution in [0, 0.1) is 19.8 Å². The average molecular weight is 541 g/mol. The molecule has 0 spiro atoms. The quantitative estimate of drug-likeness (QED) is 0.455. The molecule has 39 heavy (non-hydrogen) atoms. The van der Waals surface area contributed by atoms with Crippen molar-refractivity contribution >= 4 is 17.3 Å². The summed E-state index contributed by atoms with van der Waals surface area (Å²) in [5, 5.41) is 6.24. The van der Waals surface area contributed by atoms with E-state index in [-0.39, 0.29) is 5.91 Å². The third-order valence-corrected chi connectivity index (χ3v) is 5.71. The number of hydrogen-bond acceptors (Lipinski definition) is 6. The van der Waals surface area contributed by atoms with Crippen LogP contribution in [0.4, 0.5) is 11.4 Å². The highest BCUT2D eigenvalue weighted by atomic mass is 16.5. The maximum absolute atomic E-state index is 11.6. The van der Waals surface area contributed by atoms with Crippen LogP contribution < -0.4 is 25.8 Å². The molecular formula is C31H52N6O2. The highest BCUT2D eigenvalue weighted by molar-refractivity contribution is 5.91. The number of aryl methyl sites for hydroxylation is 2. The highest BCUT2D eigenvalue weighted by Gasteiger charge is 2.15. The minimum atomic E-state index is -0.00372. The molecule has 1 aliphatic heterocycles. The number of nitrogens with one attached hydrogen (secondary N) is 2. The van der Waals surface area contributed by atoms with Gasteiger partial charge in [0, 0.05) is 76.0 Å². The standard InChI is InChI=1S/C13H21N3O2.C13H21N3.C3H8.C2H2/c1-5-7-13(17)15-10-9-16(3)12(14-6-2)8-11(10)18-4;1-3-4-12-11(2)15-6-5-13(12)16-9-7-14-8-10-16;1-3-2;1-2/h8-9H,5-7H2,1-4H3,(H,15,17);5-6,14H,3-4,7-10H2,1-2H3;3H2,1-2H3;1-2H. The van der Waals surface area contributed by atoms with Gasteiger partial charge in [-0.25, -0.2) is 0 Å². The molecule has 8 heteroatoms. The molecule has 0 unspecified atom stereocenters. The largest absolute Gasteiger partial charge is 0.494 e. The van der Waals surface area contributed by atoms with Crippen LogP contribution in [0.3, 0.4) is 0 Å². The third-order valence-electron chi connectivity index (χ3n) is 5.71. The molecule has 0 aromatic carbocycles. The van der Waals surface area contributed by atoms with Gasteiger partial charge in [-0.15, -0.1) is 12.8 Å². The maximum atomic E-state index is 11.6. The lowest BCUT2D eigenvalue weighted by Crippen LogP contribution is -2.44. The zero-order chi connectivity index (χ0) is 29.6. The zero-order valence-electron chi connectivity index (χ0n) is 25.6. The SMILES string of the molecule is C#C.CCC.CCCC(=O)Nc1cn(C)c(=NCC)cc1OC.CCCc1c(N2CCNCC2)ccnc1C. The highest BCUT2D eigenvalue weighted by Crippen LogP contribution is 2.24. The van der Waals surface area contributed by atoms with E-state index in [0.29, 0.717) is 24.4 Å². The monoisotopic (exact) mass is 540 g/mol. The van der Waals surface area contributed by atoms with Crippen molar-refractivity contribution < 1.29 is 9.53 Å². The fourth-order valence-electron chi connectivity index (χ4n) is 3.99. The van der Waals surface area contributed by atoms with Crippen molar-refractivity contribution in [3.8, 4) is 18.6 Å². The molecular weight excluding hydrogens is 488 g/mol. The molecule has 3 heterocycles. The maximum Gasteiger partial charge on any atom is 0.224 e. The van der Waals surface area contributed by atoms with Gasteiger partial charge in [-0.1, -0.05) is 40.5 Å². The number of aromatic nitrogens is 2. The lowest BCUT2D eigenvalue weighted by molar-refractivity contribution is -0.116. The van der Waals surface area contributed by atoms with E-state index in [1.54, 1.807) is 7.11 Å². The molecule has 0 radical (unpaired) electrons. The smallest absolute Gasteiger partial charge is 0.224 e. The van der Waals surface area contributed by atoms with Crippen molar-refractivity contribution in [2.75, 3.05) is 50.1 Å². The van der Waals surface area contributed by atoms with E-state index in [2.05, 4.69) is 72.1 Å². The third kappa shape index (κ3) is 12.9. The molecule has 8 nitrogen and oxygen atoms in total. The van der Waals surface area contributed by atoms with E-state index >= 15 is 0 Å².